The molecule has 0 saturated carbocycles. The molecule has 0 unspecified atom stereocenters. The lowest BCUT2D eigenvalue weighted by molar-refractivity contribution is -0.117. The number of nitrogens with one attached hydrogen (secondary N) is 2. The molecular weight excluding hydrogens is 427 g/mol. The van der Waals surface area contributed by atoms with Crippen molar-refractivity contribution in [1.29, 1.82) is 0 Å². The van der Waals surface area contributed by atoms with Crippen molar-refractivity contribution in [2.75, 3.05) is 48.3 Å². The van der Waals surface area contributed by atoms with Crippen LogP contribution in [0.4, 0.5) is 21.5 Å². The van der Waals surface area contributed by atoms with Crippen molar-refractivity contribution in [2.24, 2.45) is 0 Å². The molecular formula is C24H29FN4O4. The van der Waals surface area contributed by atoms with Crippen LogP contribution in [0, 0.1) is 5.82 Å². The van der Waals surface area contributed by atoms with Gasteiger partial charge >= 0.3 is 5.97 Å². The molecule has 8 nitrogen and oxygen atoms in total. The normalized spacial score (nSPS) is 14.1. The minimum absolute atomic E-state index is 0.112. The molecule has 33 heavy (non-hydrogen) atoms. The standard InChI is InChI=1S/C24H29FN4O4/c1-2-3-4-22(30)27-20-15-17(24(32)33)5-10-21(20)29-13-11-28(12-14-29)16-23(31)26-19-8-6-18(25)7-9-19/h5-10,15H,2-4,11-14,16H2,1H3,(H,26,31)(H,27,30)(H,32,33). The summed E-state index contributed by atoms with van der Waals surface area (Å²) in [6, 6.07) is 10.4. The highest BCUT2D eigenvalue weighted by atomic mass is 19.1. The molecule has 9 heteroatoms. The Labute approximate surface area is 192 Å². The summed E-state index contributed by atoms with van der Waals surface area (Å²) < 4.78 is 13.0. The zero-order chi connectivity index (χ0) is 23.8. The Morgan fingerprint density at radius 1 is 0.970 bits per heavy atom. The van der Waals surface area contributed by atoms with Crippen LogP contribution in [0.5, 0.6) is 0 Å². The van der Waals surface area contributed by atoms with Crippen LogP contribution in [0.2, 0.25) is 0 Å². The first-order valence-corrected chi connectivity index (χ1v) is 11.1. The van der Waals surface area contributed by atoms with Gasteiger partial charge in [-0.15, -0.1) is 0 Å². The molecule has 1 aliphatic heterocycles. The van der Waals surface area contributed by atoms with E-state index in [9.17, 15) is 23.9 Å². The Balaban J connectivity index is 1.60. The fourth-order valence-electron chi connectivity index (χ4n) is 3.68. The number of aromatic carboxylic acids is 1. The molecule has 0 aliphatic carbocycles. The molecule has 0 radical (unpaired) electrons. The lowest BCUT2D eigenvalue weighted by Gasteiger charge is -2.36. The fourth-order valence-corrected chi connectivity index (χ4v) is 3.68. The molecule has 2 aromatic carbocycles. The molecule has 176 valence electrons. The summed E-state index contributed by atoms with van der Waals surface area (Å²) >= 11 is 0. The van der Waals surface area contributed by atoms with Crippen LogP contribution in [0.3, 0.4) is 0 Å². The minimum atomic E-state index is -1.05. The third-order valence-corrected chi connectivity index (χ3v) is 5.48. The van der Waals surface area contributed by atoms with Crippen molar-refractivity contribution in [3.05, 3.63) is 53.8 Å². The molecule has 1 aliphatic rings. The molecule has 3 rings (SSSR count). The molecule has 2 aromatic rings. The summed E-state index contributed by atoms with van der Waals surface area (Å²) in [7, 11) is 0. The molecule has 0 bridgehead atoms. The average molecular weight is 457 g/mol. The Hall–Kier alpha value is -3.46. The second-order valence-electron chi connectivity index (χ2n) is 8.01. The zero-order valence-electron chi connectivity index (χ0n) is 18.6. The third-order valence-electron chi connectivity index (χ3n) is 5.48. The second kappa shape index (κ2) is 11.4. The highest BCUT2D eigenvalue weighted by molar-refractivity contribution is 5.97. The van der Waals surface area contributed by atoms with Gasteiger partial charge in [-0.2, -0.15) is 0 Å². The van der Waals surface area contributed by atoms with Crippen molar-refractivity contribution in [3.8, 4) is 0 Å². The number of halogens is 1. The number of carboxylic acids is 1. The van der Waals surface area contributed by atoms with Crippen LogP contribution in [0.25, 0.3) is 0 Å². The number of carbonyl (C=O) groups excluding carboxylic acids is 2. The van der Waals surface area contributed by atoms with E-state index in [1.807, 2.05) is 11.8 Å². The summed E-state index contributed by atoms with van der Waals surface area (Å²) in [6.45, 7) is 4.70. The van der Waals surface area contributed by atoms with Crippen LogP contribution >= 0.6 is 0 Å². The Morgan fingerprint density at radius 2 is 1.67 bits per heavy atom. The van der Waals surface area contributed by atoms with E-state index in [-0.39, 0.29) is 29.7 Å². The zero-order valence-corrected chi connectivity index (χ0v) is 18.6. The number of carboxylic acid groups (broad SMARTS) is 1. The number of anilines is 3. The molecule has 0 spiro atoms. The van der Waals surface area contributed by atoms with Crippen molar-refractivity contribution < 1.29 is 23.9 Å². The summed E-state index contributed by atoms with van der Waals surface area (Å²) in [6.07, 6.45) is 2.04. The number of carbonyl (C=O) groups is 3. The molecule has 0 aromatic heterocycles. The summed E-state index contributed by atoms with van der Waals surface area (Å²) in [5.41, 5.74) is 1.90. The number of hydrogen-bond acceptors (Lipinski definition) is 5. The van der Waals surface area contributed by atoms with E-state index in [0.717, 1.165) is 18.5 Å². The first-order valence-electron chi connectivity index (χ1n) is 11.1. The number of amides is 2. The largest absolute Gasteiger partial charge is 0.478 e. The van der Waals surface area contributed by atoms with Gasteiger partial charge in [0.15, 0.2) is 0 Å². The smallest absolute Gasteiger partial charge is 0.335 e. The van der Waals surface area contributed by atoms with Gasteiger partial charge in [0.2, 0.25) is 11.8 Å². The van der Waals surface area contributed by atoms with Gasteiger partial charge in [0.1, 0.15) is 5.82 Å². The monoisotopic (exact) mass is 456 g/mol. The minimum Gasteiger partial charge on any atom is -0.478 e. The van der Waals surface area contributed by atoms with E-state index in [4.69, 9.17) is 0 Å². The van der Waals surface area contributed by atoms with Crippen LogP contribution in [0.15, 0.2) is 42.5 Å². The Kier molecular flexibility index (Phi) is 8.37. The SMILES string of the molecule is CCCCC(=O)Nc1cc(C(=O)O)ccc1N1CCN(CC(=O)Nc2ccc(F)cc2)CC1. The molecule has 1 saturated heterocycles. The summed E-state index contributed by atoms with van der Waals surface area (Å²) in [5.74, 6) is -1.73. The topological polar surface area (TPSA) is 102 Å². The maximum absolute atomic E-state index is 13.0. The first kappa shape index (κ1) is 24.2. The van der Waals surface area contributed by atoms with Crippen LogP contribution in [-0.2, 0) is 9.59 Å². The Bertz CT molecular complexity index is 988. The molecule has 2 amide bonds. The number of piperazine rings is 1. The number of nitrogens with zero attached hydrogens (tertiary/aromatic N) is 2. The van der Waals surface area contributed by atoms with Crippen LogP contribution < -0.4 is 15.5 Å². The quantitative estimate of drug-likeness (QED) is 0.535. The highest BCUT2D eigenvalue weighted by Gasteiger charge is 2.22. The Morgan fingerprint density at radius 3 is 2.30 bits per heavy atom. The predicted octanol–water partition coefficient (Wildman–Crippen LogP) is 3.41. The van der Waals surface area contributed by atoms with Gasteiger partial charge in [0.25, 0.3) is 0 Å². The van der Waals surface area contributed by atoms with Crippen molar-refractivity contribution in [2.45, 2.75) is 26.2 Å². The van der Waals surface area contributed by atoms with Gasteiger partial charge in [-0.1, -0.05) is 13.3 Å². The van der Waals surface area contributed by atoms with Gasteiger partial charge < -0.3 is 20.6 Å². The van der Waals surface area contributed by atoms with E-state index in [0.29, 0.717) is 44.0 Å². The van der Waals surface area contributed by atoms with Gasteiger partial charge in [-0.05, 0) is 48.9 Å². The maximum atomic E-state index is 13.0. The average Bonchev–Trinajstić information content (AvgIpc) is 2.79. The first-order chi connectivity index (χ1) is 15.9. The number of rotatable bonds is 9. The van der Waals surface area contributed by atoms with Gasteiger partial charge in [0.05, 0.1) is 23.5 Å². The predicted molar refractivity (Wildman–Crippen MR) is 125 cm³/mol. The van der Waals surface area contributed by atoms with Gasteiger partial charge in [-0.25, -0.2) is 9.18 Å². The number of unbranched alkanes of at least 4 members (excludes halogenated alkanes) is 1. The second-order valence-corrected chi connectivity index (χ2v) is 8.01. The maximum Gasteiger partial charge on any atom is 0.335 e. The molecule has 0 atom stereocenters. The fraction of sp³-hybridized carbons (Fsp3) is 0.375. The van der Waals surface area contributed by atoms with Crippen LogP contribution in [-0.4, -0.2) is 60.5 Å². The van der Waals surface area contributed by atoms with E-state index in [1.54, 1.807) is 6.07 Å². The lowest BCUT2D eigenvalue weighted by Crippen LogP contribution is -2.48. The molecule has 1 fully saturated rings. The molecule has 3 N–H and O–H groups in total. The molecule has 1 heterocycles. The number of benzene rings is 2. The van der Waals surface area contributed by atoms with E-state index >= 15 is 0 Å². The summed E-state index contributed by atoms with van der Waals surface area (Å²) in [5, 5.41) is 15.0. The third kappa shape index (κ3) is 7.01. The van der Waals surface area contributed by atoms with Crippen LogP contribution in [0.1, 0.15) is 36.5 Å². The van der Waals surface area contributed by atoms with Crippen molar-refractivity contribution in [1.82, 2.24) is 4.90 Å². The van der Waals surface area contributed by atoms with E-state index < -0.39 is 5.97 Å². The van der Waals surface area contributed by atoms with Gasteiger partial charge in [-0.3, -0.25) is 14.5 Å². The van der Waals surface area contributed by atoms with Crippen molar-refractivity contribution >= 4 is 34.8 Å². The highest BCUT2D eigenvalue weighted by Crippen LogP contribution is 2.29. The van der Waals surface area contributed by atoms with Gasteiger partial charge in [0, 0.05) is 38.3 Å². The van der Waals surface area contributed by atoms with E-state index in [1.165, 1.54) is 36.4 Å². The van der Waals surface area contributed by atoms with Crippen molar-refractivity contribution in [3.63, 3.8) is 0 Å². The summed E-state index contributed by atoms with van der Waals surface area (Å²) in [4.78, 5) is 40.1. The number of hydrogen-bond donors (Lipinski definition) is 3. The lowest BCUT2D eigenvalue weighted by atomic mass is 10.1. The van der Waals surface area contributed by atoms with E-state index in [2.05, 4.69) is 15.5 Å².